The number of aliphatic hydroxyl groups excluding tert-OH is 2. The summed E-state index contributed by atoms with van der Waals surface area (Å²) in [5.74, 6) is 1.65. The monoisotopic (exact) mass is 473 g/mol. The van der Waals surface area contributed by atoms with Crippen LogP contribution in [0.25, 0.3) is 0 Å². The van der Waals surface area contributed by atoms with Crippen LogP contribution in [0.4, 0.5) is 0 Å². The van der Waals surface area contributed by atoms with Gasteiger partial charge in [-0.3, -0.25) is 0 Å². The molecular weight excluding hydrogens is 426 g/mol. The van der Waals surface area contributed by atoms with E-state index in [2.05, 4.69) is 69.1 Å². The first-order valence-electron chi connectivity index (χ1n) is 13.2. The van der Waals surface area contributed by atoms with Crippen molar-refractivity contribution in [2.24, 2.45) is 17.8 Å². The molecule has 2 fully saturated rings. The Labute approximate surface area is 207 Å². The Kier molecular flexibility index (Phi) is 10.2. The number of rotatable bonds is 10. The lowest BCUT2D eigenvalue weighted by atomic mass is 9.92. The Hall–Kier alpha value is -1.24. The van der Waals surface area contributed by atoms with Crippen molar-refractivity contribution < 1.29 is 19.7 Å². The largest absolute Gasteiger partial charge is 0.396 e. The molecule has 1 aliphatic carbocycles. The standard InChI is InChI=1S/C29H47NO4/c1-7-26-20(3)12-14-27(34-26)19(2)10-8-9-11-23-21(4)24(23)13-15-28-29(32)25(30(5)6)18-22(33-28)16-17-31/h9-13,15,21-29,31-32H,7-8,14,16-18H2,1-6H3/b11-9+,15-13+,19-10+/t21-,22-,23+,24+,25+,26-,27-,28+,29-/m1/s1. The topological polar surface area (TPSA) is 62.2 Å². The average Bonchev–Trinajstić information content (AvgIpc) is 3.44. The first-order valence-corrected chi connectivity index (χ1v) is 13.2. The van der Waals surface area contributed by atoms with Gasteiger partial charge in [0.2, 0.25) is 0 Å². The minimum Gasteiger partial charge on any atom is -0.396 e. The molecule has 0 radical (unpaired) electrons. The zero-order chi connectivity index (χ0) is 24.8. The number of likely N-dealkylation sites (N-methyl/N-ethyl adjacent to an activating group) is 1. The molecule has 3 rings (SSSR count). The van der Waals surface area contributed by atoms with Crippen molar-refractivity contribution in [3.05, 3.63) is 47.6 Å². The molecule has 0 unspecified atom stereocenters. The van der Waals surface area contributed by atoms with E-state index in [1.807, 2.05) is 14.1 Å². The maximum absolute atomic E-state index is 10.8. The number of nitrogens with zero attached hydrogens (tertiary/aromatic N) is 1. The molecule has 1 saturated carbocycles. The van der Waals surface area contributed by atoms with Crippen LogP contribution in [0.1, 0.15) is 59.8 Å². The summed E-state index contributed by atoms with van der Waals surface area (Å²) in [5, 5.41) is 20.2. The maximum atomic E-state index is 10.8. The van der Waals surface area contributed by atoms with Gasteiger partial charge in [0, 0.05) is 12.6 Å². The van der Waals surface area contributed by atoms with E-state index in [9.17, 15) is 10.2 Å². The summed E-state index contributed by atoms with van der Waals surface area (Å²) in [6.45, 7) is 8.94. The van der Waals surface area contributed by atoms with Gasteiger partial charge in [0.25, 0.3) is 0 Å². The summed E-state index contributed by atoms with van der Waals surface area (Å²) >= 11 is 0. The fourth-order valence-electron chi connectivity index (χ4n) is 5.48. The van der Waals surface area contributed by atoms with Gasteiger partial charge in [0.05, 0.1) is 24.4 Å². The molecule has 5 heteroatoms. The molecule has 0 aromatic carbocycles. The third-order valence-electron chi connectivity index (χ3n) is 8.04. The second kappa shape index (κ2) is 12.6. The van der Waals surface area contributed by atoms with Gasteiger partial charge < -0.3 is 24.6 Å². The highest BCUT2D eigenvalue weighted by Crippen LogP contribution is 2.48. The molecule has 0 bridgehead atoms. The van der Waals surface area contributed by atoms with Crippen LogP contribution in [0.2, 0.25) is 0 Å². The van der Waals surface area contributed by atoms with Crippen molar-refractivity contribution in [1.29, 1.82) is 0 Å². The van der Waals surface area contributed by atoms with E-state index in [0.29, 0.717) is 24.2 Å². The molecule has 0 aromatic rings. The molecule has 0 aromatic heterocycles. The van der Waals surface area contributed by atoms with Crippen molar-refractivity contribution in [1.82, 2.24) is 4.90 Å². The smallest absolute Gasteiger partial charge is 0.103 e. The first-order chi connectivity index (χ1) is 16.3. The number of hydrogen-bond donors (Lipinski definition) is 2. The summed E-state index contributed by atoms with van der Waals surface area (Å²) in [6.07, 6.45) is 17.4. The van der Waals surface area contributed by atoms with Crippen LogP contribution in [0.3, 0.4) is 0 Å². The van der Waals surface area contributed by atoms with E-state index in [4.69, 9.17) is 9.47 Å². The van der Waals surface area contributed by atoms with E-state index < -0.39 is 6.10 Å². The van der Waals surface area contributed by atoms with Crippen LogP contribution >= 0.6 is 0 Å². The zero-order valence-corrected chi connectivity index (χ0v) is 22.1. The Morgan fingerprint density at radius 1 is 1.18 bits per heavy atom. The molecule has 1 saturated heterocycles. The second-order valence-corrected chi connectivity index (χ2v) is 10.7. The van der Waals surface area contributed by atoms with Gasteiger partial charge in [-0.1, -0.05) is 50.3 Å². The summed E-state index contributed by atoms with van der Waals surface area (Å²) in [6, 6.07) is 0.0439. The summed E-state index contributed by atoms with van der Waals surface area (Å²) < 4.78 is 12.4. The Morgan fingerprint density at radius 2 is 1.91 bits per heavy atom. The number of ether oxygens (including phenoxy) is 2. The quantitative estimate of drug-likeness (QED) is 0.452. The van der Waals surface area contributed by atoms with Crippen LogP contribution in [0.15, 0.2) is 47.6 Å². The lowest BCUT2D eigenvalue weighted by Crippen LogP contribution is -2.53. The fraction of sp³-hybridized carbons (Fsp3) is 0.724. The molecule has 9 atom stereocenters. The van der Waals surface area contributed by atoms with Crippen LogP contribution in [0, 0.1) is 17.8 Å². The third kappa shape index (κ3) is 6.92. The van der Waals surface area contributed by atoms with Gasteiger partial charge >= 0.3 is 0 Å². The van der Waals surface area contributed by atoms with Crippen LogP contribution in [-0.2, 0) is 9.47 Å². The molecule has 0 amide bonds. The average molecular weight is 474 g/mol. The van der Waals surface area contributed by atoms with E-state index in [-0.39, 0.29) is 37.1 Å². The molecule has 34 heavy (non-hydrogen) atoms. The van der Waals surface area contributed by atoms with Crippen molar-refractivity contribution in [2.75, 3.05) is 20.7 Å². The van der Waals surface area contributed by atoms with Crippen molar-refractivity contribution in [3.63, 3.8) is 0 Å². The molecule has 2 heterocycles. The minimum absolute atomic E-state index is 0.0158. The van der Waals surface area contributed by atoms with E-state index in [1.165, 1.54) is 11.1 Å². The van der Waals surface area contributed by atoms with Gasteiger partial charge in [-0.15, -0.1) is 0 Å². The number of allylic oxidation sites excluding steroid dienone is 4. The van der Waals surface area contributed by atoms with Gasteiger partial charge in [-0.2, -0.15) is 0 Å². The van der Waals surface area contributed by atoms with Crippen molar-refractivity contribution >= 4 is 0 Å². The fourth-order valence-corrected chi connectivity index (χ4v) is 5.48. The van der Waals surface area contributed by atoms with Crippen LogP contribution in [0.5, 0.6) is 0 Å². The van der Waals surface area contributed by atoms with E-state index in [0.717, 1.165) is 25.7 Å². The highest BCUT2D eigenvalue weighted by Gasteiger charge is 2.43. The van der Waals surface area contributed by atoms with Gasteiger partial charge in [-0.25, -0.2) is 0 Å². The predicted octanol–water partition coefficient (Wildman–Crippen LogP) is 4.66. The summed E-state index contributed by atoms with van der Waals surface area (Å²) in [7, 11) is 3.99. The van der Waals surface area contributed by atoms with Gasteiger partial charge in [0.15, 0.2) is 0 Å². The second-order valence-electron chi connectivity index (χ2n) is 10.7. The minimum atomic E-state index is -0.551. The lowest BCUT2D eigenvalue weighted by molar-refractivity contribution is -0.132. The number of aliphatic hydroxyl groups is 2. The lowest BCUT2D eigenvalue weighted by Gasteiger charge is -2.41. The highest BCUT2D eigenvalue weighted by molar-refractivity contribution is 5.19. The molecule has 3 aliphatic rings. The Bertz CT molecular complexity index is 770. The van der Waals surface area contributed by atoms with Gasteiger partial charge in [-0.05, 0) is 88.9 Å². The van der Waals surface area contributed by atoms with Crippen LogP contribution < -0.4 is 0 Å². The molecule has 2 N–H and O–H groups in total. The van der Waals surface area contributed by atoms with E-state index in [1.54, 1.807) is 0 Å². The zero-order valence-electron chi connectivity index (χ0n) is 22.1. The molecule has 5 nitrogen and oxygen atoms in total. The molecule has 2 aliphatic heterocycles. The first kappa shape index (κ1) is 27.3. The SMILES string of the molecule is CC[C@H]1O[C@@H](/C(C)=C/C/C=C/[C@H]2[C@@H](C)[C@@H]2/C=C/[C@@H]2O[C@H](CCO)C[C@H](N(C)C)[C@H]2O)CC=C1C. The highest BCUT2D eigenvalue weighted by atomic mass is 16.5. The van der Waals surface area contributed by atoms with E-state index >= 15 is 0 Å². The summed E-state index contributed by atoms with van der Waals surface area (Å²) in [4.78, 5) is 2.07. The normalized spacial score (nSPS) is 39.3. The Morgan fingerprint density at radius 3 is 2.59 bits per heavy atom. The summed E-state index contributed by atoms with van der Waals surface area (Å²) in [5.41, 5.74) is 2.68. The molecular formula is C29H47NO4. The predicted molar refractivity (Wildman–Crippen MR) is 139 cm³/mol. The van der Waals surface area contributed by atoms with Crippen LogP contribution in [-0.4, -0.2) is 72.4 Å². The molecule has 192 valence electrons. The van der Waals surface area contributed by atoms with Crippen molar-refractivity contribution in [3.8, 4) is 0 Å². The maximum Gasteiger partial charge on any atom is 0.103 e. The number of hydrogen-bond acceptors (Lipinski definition) is 5. The third-order valence-corrected chi connectivity index (χ3v) is 8.04. The molecule has 0 spiro atoms. The Balaban J connectivity index is 1.50. The van der Waals surface area contributed by atoms with Gasteiger partial charge in [0.1, 0.15) is 6.10 Å². The van der Waals surface area contributed by atoms with Crippen molar-refractivity contribution in [2.45, 2.75) is 96.4 Å².